The Morgan fingerprint density at radius 2 is 1.82 bits per heavy atom. The molecule has 1 heterocycles. The number of hydrogen-bond donors (Lipinski definition) is 0. The van der Waals surface area contributed by atoms with Crippen molar-refractivity contribution in [1.82, 2.24) is 4.90 Å². The molecule has 5 nitrogen and oxygen atoms in total. The molecule has 0 spiro atoms. The SMILES string of the molecule is Cc1cccc(N2CCN(C(=O)/C=C/c3ccc(OCC#N)cc3)CC2)c1C. The lowest BCUT2D eigenvalue weighted by Gasteiger charge is -2.36. The average molecular weight is 375 g/mol. The molecule has 2 aromatic carbocycles. The summed E-state index contributed by atoms with van der Waals surface area (Å²) in [6.45, 7) is 7.44. The topological polar surface area (TPSA) is 56.6 Å². The van der Waals surface area contributed by atoms with Crippen molar-refractivity contribution in [3.8, 4) is 11.8 Å². The summed E-state index contributed by atoms with van der Waals surface area (Å²) in [6, 6.07) is 15.6. The van der Waals surface area contributed by atoms with Crippen molar-refractivity contribution in [2.24, 2.45) is 0 Å². The lowest BCUT2D eigenvalue weighted by atomic mass is 10.1. The molecule has 1 amide bonds. The maximum atomic E-state index is 12.5. The molecule has 0 aliphatic carbocycles. The molecular formula is C23H25N3O2. The number of ether oxygens (including phenoxy) is 1. The standard InChI is InChI=1S/C23H25N3O2/c1-18-4-3-5-22(19(18)2)25-13-15-26(16-14-25)23(27)11-8-20-6-9-21(10-7-20)28-17-12-24/h3-11H,13-17H2,1-2H3/b11-8+. The van der Waals surface area contributed by atoms with Gasteiger partial charge in [0.25, 0.3) is 0 Å². The zero-order chi connectivity index (χ0) is 19.9. The molecule has 0 unspecified atom stereocenters. The second kappa shape index (κ2) is 9.09. The monoisotopic (exact) mass is 375 g/mol. The van der Waals surface area contributed by atoms with Gasteiger partial charge in [0, 0.05) is 37.9 Å². The zero-order valence-corrected chi connectivity index (χ0v) is 16.4. The van der Waals surface area contributed by atoms with Gasteiger partial charge in [-0.2, -0.15) is 5.26 Å². The minimum absolute atomic E-state index is 0.0295. The third kappa shape index (κ3) is 4.72. The lowest BCUT2D eigenvalue weighted by molar-refractivity contribution is -0.126. The molecule has 0 saturated carbocycles. The number of piperazine rings is 1. The fourth-order valence-corrected chi connectivity index (χ4v) is 3.31. The number of rotatable bonds is 5. The Labute approximate surface area is 166 Å². The number of nitriles is 1. The van der Waals surface area contributed by atoms with Crippen molar-refractivity contribution < 1.29 is 9.53 Å². The third-order valence-corrected chi connectivity index (χ3v) is 5.11. The first kappa shape index (κ1) is 19.5. The van der Waals surface area contributed by atoms with Crippen LogP contribution in [0, 0.1) is 25.2 Å². The van der Waals surface area contributed by atoms with Crippen LogP contribution >= 0.6 is 0 Å². The highest BCUT2D eigenvalue weighted by Crippen LogP contribution is 2.24. The number of carbonyl (C=O) groups excluding carboxylic acids is 1. The number of nitrogens with zero attached hydrogens (tertiary/aromatic N) is 3. The molecule has 28 heavy (non-hydrogen) atoms. The first-order valence-corrected chi connectivity index (χ1v) is 9.46. The van der Waals surface area contributed by atoms with Gasteiger partial charge in [-0.3, -0.25) is 4.79 Å². The first-order chi connectivity index (χ1) is 13.6. The number of aryl methyl sites for hydroxylation is 1. The Balaban J connectivity index is 1.54. The van der Waals surface area contributed by atoms with Gasteiger partial charge in [-0.05, 0) is 54.8 Å². The summed E-state index contributed by atoms with van der Waals surface area (Å²) in [5.41, 5.74) is 4.79. The highest BCUT2D eigenvalue weighted by atomic mass is 16.5. The maximum absolute atomic E-state index is 12.5. The van der Waals surface area contributed by atoms with E-state index in [1.807, 2.05) is 29.2 Å². The molecule has 0 aromatic heterocycles. The second-order valence-corrected chi connectivity index (χ2v) is 6.88. The summed E-state index contributed by atoms with van der Waals surface area (Å²) in [5.74, 6) is 0.679. The molecule has 2 aromatic rings. The van der Waals surface area contributed by atoms with Crippen LogP contribution in [-0.4, -0.2) is 43.6 Å². The van der Waals surface area contributed by atoms with Gasteiger partial charge in [0.2, 0.25) is 5.91 Å². The molecule has 1 saturated heterocycles. The summed E-state index contributed by atoms with van der Waals surface area (Å²) < 4.78 is 5.23. The number of carbonyl (C=O) groups is 1. The third-order valence-electron chi connectivity index (χ3n) is 5.11. The highest BCUT2D eigenvalue weighted by Gasteiger charge is 2.20. The van der Waals surface area contributed by atoms with E-state index in [0.29, 0.717) is 5.75 Å². The molecule has 1 aliphatic heterocycles. The van der Waals surface area contributed by atoms with Gasteiger partial charge >= 0.3 is 0 Å². The minimum atomic E-state index is 0.0295. The normalized spacial score (nSPS) is 14.2. The van der Waals surface area contributed by atoms with Crippen LogP contribution in [0.3, 0.4) is 0 Å². The molecule has 1 fully saturated rings. The molecule has 144 valence electrons. The van der Waals surface area contributed by atoms with Crippen molar-refractivity contribution in [2.75, 3.05) is 37.7 Å². The van der Waals surface area contributed by atoms with Crippen LogP contribution in [0.1, 0.15) is 16.7 Å². The summed E-state index contributed by atoms with van der Waals surface area (Å²) in [4.78, 5) is 16.8. The average Bonchev–Trinajstić information content (AvgIpc) is 2.73. The Morgan fingerprint density at radius 1 is 1.11 bits per heavy atom. The van der Waals surface area contributed by atoms with Crippen molar-refractivity contribution in [2.45, 2.75) is 13.8 Å². The van der Waals surface area contributed by atoms with E-state index in [2.05, 4.69) is 36.9 Å². The van der Waals surface area contributed by atoms with E-state index in [4.69, 9.17) is 10.00 Å². The molecule has 3 rings (SSSR count). The fraction of sp³-hybridized carbons (Fsp3) is 0.304. The summed E-state index contributed by atoms with van der Waals surface area (Å²) >= 11 is 0. The van der Waals surface area contributed by atoms with Crippen molar-refractivity contribution in [3.63, 3.8) is 0 Å². The van der Waals surface area contributed by atoms with Crippen LogP contribution in [-0.2, 0) is 4.79 Å². The number of hydrogen-bond acceptors (Lipinski definition) is 4. The molecule has 1 aliphatic rings. The molecule has 5 heteroatoms. The van der Waals surface area contributed by atoms with Crippen LogP contribution in [0.15, 0.2) is 48.5 Å². The van der Waals surface area contributed by atoms with E-state index in [1.54, 1.807) is 18.2 Å². The Kier molecular flexibility index (Phi) is 6.33. The molecule has 0 atom stereocenters. The molecule has 0 radical (unpaired) electrons. The van der Waals surface area contributed by atoms with E-state index < -0.39 is 0 Å². The van der Waals surface area contributed by atoms with E-state index in [-0.39, 0.29) is 12.5 Å². The Morgan fingerprint density at radius 3 is 2.50 bits per heavy atom. The van der Waals surface area contributed by atoms with E-state index in [0.717, 1.165) is 31.7 Å². The Hall–Kier alpha value is -3.26. The summed E-state index contributed by atoms with van der Waals surface area (Å²) in [7, 11) is 0. The van der Waals surface area contributed by atoms with Gasteiger partial charge in [0.1, 0.15) is 11.8 Å². The fourth-order valence-electron chi connectivity index (χ4n) is 3.31. The second-order valence-electron chi connectivity index (χ2n) is 6.88. The number of amides is 1. The van der Waals surface area contributed by atoms with Gasteiger partial charge in [-0.1, -0.05) is 24.3 Å². The van der Waals surface area contributed by atoms with Gasteiger partial charge in [0.05, 0.1) is 0 Å². The predicted octanol–water partition coefficient (Wildman–Crippen LogP) is 3.57. The number of benzene rings is 2. The van der Waals surface area contributed by atoms with Crippen LogP contribution in [0.4, 0.5) is 5.69 Å². The summed E-state index contributed by atoms with van der Waals surface area (Å²) in [5, 5.41) is 8.53. The Bertz CT molecular complexity index is 889. The van der Waals surface area contributed by atoms with Crippen LogP contribution in [0.25, 0.3) is 6.08 Å². The van der Waals surface area contributed by atoms with Crippen molar-refractivity contribution >= 4 is 17.7 Å². The van der Waals surface area contributed by atoms with Crippen LogP contribution in [0.5, 0.6) is 5.75 Å². The van der Waals surface area contributed by atoms with E-state index >= 15 is 0 Å². The van der Waals surface area contributed by atoms with Gasteiger partial charge in [-0.25, -0.2) is 0 Å². The van der Waals surface area contributed by atoms with Crippen LogP contribution < -0.4 is 9.64 Å². The maximum Gasteiger partial charge on any atom is 0.246 e. The predicted molar refractivity (Wildman–Crippen MR) is 111 cm³/mol. The van der Waals surface area contributed by atoms with Gasteiger partial charge in [0.15, 0.2) is 6.61 Å². The van der Waals surface area contributed by atoms with Crippen molar-refractivity contribution in [3.05, 3.63) is 65.2 Å². The molecule has 0 N–H and O–H groups in total. The smallest absolute Gasteiger partial charge is 0.246 e. The van der Waals surface area contributed by atoms with E-state index in [9.17, 15) is 4.79 Å². The first-order valence-electron chi connectivity index (χ1n) is 9.46. The molecular weight excluding hydrogens is 350 g/mol. The van der Waals surface area contributed by atoms with Crippen molar-refractivity contribution in [1.29, 1.82) is 5.26 Å². The largest absolute Gasteiger partial charge is 0.479 e. The van der Waals surface area contributed by atoms with Crippen LogP contribution in [0.2, 0.25) is 0 Å². The molecule has 0 bridgehead atoms. The summed E-state index contributed by atoms with van der Waals surface area (Å²) in [6.07, 6.45) is 3.44. The highest BCUT2D eigenvalue weighted by molar-refractivity contribution is 5.92. The lowest BCUT2D eigenvalue weighted by Crippen LogP contribution is -2.48. The minimum Gasteiger partial charge on any atom is -0.479 e. The zero-order valence-electron chi connectivity index (χ0n) is 16.4. The van der Waals surface area contributed by atoms with Gasteiger partial charge in [-0.15, -0.1) is 0 Å². The van der Waals surface area contributed by atoms with E-state index in [1.165, 1.54) is 16.8 Å². The van der Waals surface area contributed by atoms with Gasteiger partial charge < -0.3 is 14.5 Å². The quantitative estimate of drug-likeness (QED) is 0.750. The number of anilines is 1.